The average molecular weight is 355 g/mol. The van der Waals surface area contributed by atoms with E-state index in [4.69, 9.17) is 10.5 Å². The molecule has 0 saturated heterocycles. The normalized spacial score (nSPS) is 15.8. The molecule has 134 valence electrons. The minimum Gasteiger partial charge on any atom is -0.494 e. The fourth-order valence-corrected chi connectivity index (χ4v) is 2.65. The fraction of sp³-hybridized carbons (Fsp3) is 0.556. The Bertz CT molecular complexity index is 575. The number of hydrogen-bond acceptors (Lipinski definition) is 4. The summed E-state index contributed by atoms with van der Waals surface area (Å²) in [6.07, 6.45) is 3.32. The highest BCUT2D eigenvalue weighted by atomic mass is 35.5. The van der Waals surface area contributed by atoms with E-state index in [9.17, 15) is 9.59 Å². The number of halogens is 1. The number of hydrogen-bond donors (Lipinski definition) is 2. The van der Waals surface area contributed by atoms with Gasteiger partial charge in [-0.15, -0.1) is 12.4 Å². The van der Waals surface area contributed by atoms with E-state index in [1.165, 1.54) is 6.92 Å². The van der Waals surface area contributed by atoms with E-state index in [1.54, 1.807) is 18.2 Å². The number of benzene rings is 1. The molecule has 1 atom stereocenters. The summed E-state index contributed by atoms with van der Waals surface area (Å²) in [5.74, 6) is 1.20. The third-order valence-corrected chi connectivity index (χ3v) is 4.38. The van der Waals surface area contributed by atoms with E-state index in [2.05, 4.69) is 5.32 Å². The maximum Gasteiger partial charge on any atom is 0.220 e. The van der Waals surface area contributed by atoms with Gasteiger partial charge in [-0.1, -0.05) is 12.1 Å². The summed E-state index contributed by atoms with van der Waals surface area (Å²) in [6.45, 7) is 4.46. The molecular formula is C18H27ClN2O3. The van der Waals surface area contributed by atoms with Gasteiger partial charge >= 0.3 is 0 Å². The Labute approximate surface area is 149 Å². The van der Waals surface area contributed by atoms with Crippen LogP contribution in [0, 0.1) is 5.92 Å². The first-order valence-corrected chi connectivity index (χ1v) is 8.19. The van der Waals surface area contributed by atoms with Gasteiger partial charge in [-0.05, 0) is 51.2 Å². The summed E-state index contributed by atoms with van der Waals surface area (Å²) < 4.78 is 5.61. The molecule has 1 aliphatic carbocycles. The fourth-order valence-electron chi connectivity index (χ4n) is 2.65. The number of nitrogens with one attached hydrogen (secondary N) is 1. The lowest BCUT2D eigenvalue weighted by molar-refractivity contribution is -0.123. The van der Waals surface area contributed by atoms with Crippen molar-refractivity contribution in [2.75, 3.05) is 13.2 Å². The monoisotopic (exact) mass is 354 g/mol. The van der Waals surface area contributed by atoms with Gasteiger partial charge in [0.25, 0.3) is 0 Å². The van der Waals surface area contributed by atoms with Gasteiger partial charge in [0.05, 0.1) is 12.1 Å². The van der Waals surface area contributed by atoms with Crippen molar-refractivity contribution < 1.29 is 14.3 Å². The summed E-state index contributed by atoms with van der Waals surface area (Å²) in [4.78, 5) is 23.4. The molecule has 2 rings (SSSR count). The van der Waals surface area contributed by atoms with Crippen LogP contribution in [0.25, 0.3) is 0 Å². The average Bonchev–Trinajstić information content (AvgIpc) is 3.37. The molecular weight excluding hydrogens is 328 g/mol. The van der Waals surface area contributed by atoms with Gasteiger partial charge in [-0.2, -0.15) is 0 Å². The molecule has 1 saturated carbocycles. The molecule has 1 aromatic rings. The first kappa shape index (κ1) is 20.5. The number of carbonyl (C=O) groups excluding carboxylic acids is 2. The van der Waals surface area contributed by atoms with Crippen LogP contribution in [0.1, 0.15) is 49.9 Å². The molecule has 0 aromatic heterocycles. The highest BCUT2D eigenvalue weighted by molar-refractivity contribution is 5.94. The zero-order valence-electron chi connectivity index (χ0n) is 14.3. The summed E-state index contributed by atoms with van der Waals surface area (Å²) in [7, 11) is 0. The molecule has 1 unspecified atom stereocenters. The van der Waals surface area contributed by atoms with Crippen LogP contribution in [0.4, 0.5) is 0 Å². The van der Waals surface area contributed by atoms with E-state index < -0.39 is 0 Å². The Morgan fingerprint density at radius 3 is 2.67 bits per heavy atom. The Kier molecular flexibility index (Phi) is 7.70. The van der Waals surface area contributed by atoms with Crippen LogP contribution in [-0.2, 0) is 4.79 Å². The van der Waals surface area contributed by atoms with Crippen LogP contribution < -0.4 is 15.8 Å². The molecule has 1 aromatic carbocycles. The summed E-state index contributed by atoms with van der Waals surface area (Å²) in [5.41, 5.74) is 6.16. The van der Waals surface area contributed by atoms with Gasteiger partial charge < -0.3 is 15.8 Å². The second-order valence-corrected chi connectivity index (χ2v) is 6.48. The summed E-state index contributed by atoms with van der Waals surface area (Å²) in [5, 5.41) is 3.06. The van der Waals surface area contributed by atoms with E-state index >= 15 is 0 Å². The van der Waals surface area contributed by atoms with Crippen LogP contribution >= 0.6 is 12.4 Å². The SMILES string of the molecule is CC(=O)c1cccc(OCCCC(=O)NC(C)(CN)C2CC2)c1.Cl. The Morgan fingerprint density at radius 2 is 2.08 bits per heavy atom. The highest BCUT2D eigenvalue weighted by Gasteiger charge is 2.41. The zero-order chi connectivity index (χ0) is 16.9. The van der Waals surface area contributed by atoms with Crippen molar-refractivity contribution in [3.05, 3.63) is 29.8 Å². The molecule has 0 bridgehead atoms. The van der Waals surface area contributed by atoms with Crippen molar-refractivity contribution in [3.8, 4) is 5.75 Å². The molecule has 1 amide bonds. The van der Waals surface area contributed by atoms with E-state index in [-0.39, 0.29) is 29.6 Å². The minimum atomic E-state index is -0.270. The lowest BCUT2D eigenvalue weighted by atomic mass is 9.95. The molecule has 0 heterocycles. The van der Waals surface area contributed by atoms with E-state index in [0.717, 1.165) is 12.8 Å². The highest BCUT2D eigenvalue weighted by Crippen LogP contribution is 2.38. The standard InChI is InChI=1S/C18H26N2O3.ClH/c1-13(21)14-5-3-6-16(11-14)23-10-4-7-17(22)20-18(2,12-19)15-8-9-15;/h3,5-6,11,15H,4,7-10,12,19H2,1-2H3,(H,20,22);1H. The van der Waals surface area contributed by atoms with Gasteiger partial charge in [0.2, 0.25) is 5.91 Å². The number of nitrogens with two attached hydrogens (primary N) is 1. The van der Waals surface area contributed by atoms with Gasteiger partial charge in [0.15, 0.2) is 5.78 Å². The zero-order valence-corrected chi connectivity index (χ0v) is 15.2. The van der Waals surface area contributed by atoms with Crippen LogP contribution in [0.2, 0.25) is 0 Å². The Hall–Kier alpha value is -1.59. The van der Waals surface area contributed by atoms with Gasteiger partial charge in [0, 0.05) is 18.5 Å². The number of Topliss-reactive ketones (excluding diaryl/α,β-unsaturated/α-hetero) is 1. The molecule has 6 heteroatoms. The second-order valence-electron chi connectivity index (χ2n) is 6.48. The van der Waals surface area contributed by atoms with Crippen molar-refractivity contribution in [1.29, 1.82) is 0 Å². The van der Waals surface area contributed by atoms with E-state index in [1.807, 2.05) is 13.0 Å². The number of carbonyl (C=O) groups is 2. The molecule has 1 aliphatic rings. The van der Waals surface area contributed by atoms with Crippen molar-refractivity contribution in [2.24, 2.45) is 11.7 Å². The van der Waals surface area contributed by atoms with Crippen molar-refractivity contribution >= 4 is 24.1 Å². The van der Waals surface area contributed by atoms with Crippen molar-refractivity contribution in [1.82, 2.24) is 5.32 Å². The van der Waals surface area contributed by atoms with Gasteiger partial charge in [-0.25, -0.2) is 0 Å². The minimum absolute atomic E-state index is 0. The number of amides is 1. The number of rotatable bonds is 9. The molecule has 5 nitrogen and oxygen atoms in total. The molecule has 0 spiro atoms. The largest absolute Gasteiger partial charge is 0.494 e. The lowest BCUT2D eigenvalue weighted by Gasteiger charge is -2.29. The number of ether oxygens (including phenoxy) is 1. The molecule has 0 aliphatic heterocycles. The predicted octanol–water partition coefficient (Wildman–Crippen LogP) is 2.71. The lowest BCUT2D eigenvalue weighted by Crippen LogP contribution is -2.53. The smallest absolute Gasteiger partial charge is 0.220 e. The third kappa shape index (κ3) is 5.80. The number of ketones is 1. The second kappa shape index (κ2) is 9.04. The maximum absolute atomic E-state index is 12.0. The molecule has 0 radical (unpaired) electrons. The Morgan fingerprint density at radius 1 is 1.38 bits per heavy atom. The topological polar surface area (TPSA) is 81.4 Å². The quantitative estimate of drug-likeness (QED) is 0.527. The van der Waals surface area contributed by atoms with Crippen LogP contribution in [0.3, 0.4) is 0 Å². The Balaban J connectivity index is 0.00000288. The van der Waals surface area contributed by atoms with Gasteiger partial charge in [0.1, 0.15) is 5.75 Å². The summed E-state index contributed by atoms with van der Waals surface area (Å²) >= 11 is 0. The van der Waals surface area contributed by atoms with Crippen LogP contribution in [0.15, 0.2) is 24.3 Å². The van der Waals surface area contributed by atoms with Crippen LogP contribution in [-0.4, -0.2) is 30.4 Å². The predicted molar refractivity (Wildman–Crippen MR) is 96.7 cm³/mol. The van der Waals surface area contributed by atoms with Crippen molar-refractivity contribution in [3.63, 3.8) is 0 Å². The molecule has 3 N–H and O–H groups in total. The summed E-state index contributed by atoms with van der Waals surface area (Å²) in [6, 6.07) is 7.08. The van der Waals surface area contributed by atoms with Crippen molar-refractivity contribution in [2.45, 2.75) is 45.1 Å². The molecule has 24 heavy (non-hydrogen) atoms. The first-order valence-electron chi connectivity index (χ1n) is 8.19. The van der Waals surface area contributed by atoms with Gasteiger partial charge in [-0.3, -0.25) is 9.59 Å². The van der Waals surface area contributed by atoms with Crippen LogP contribution in [0.5, 0.6) is 5.75 Å². The first-order chi connectivity index (χ1) is 10.9. The molecule has 1 fully saturated rings. The van der Waals surface area contributed by atoms with E-state index in [0.29, 0.717) is 43.2 Å². The maximum atomic E-state index is 12.0. The third-order valence-electron chi connectivity index (χ3n) is 4.38.